The van der Waals surface area contributed by atoms with Gasteiger partial charge in [0.25, 0.3) is 11.8 Å². The van der Waals surface area contributed by atoms with Crippen molar-refractivity contribution in [1.29, 1.82) is 0 Å². The molecule has 7 nitrogen and oxygen atoms in total. The van der Waals surface area contributed by atoms with Crippen molar-refractivity contribution in [3.63, 3.8) is 0 Å². The van der Waals surface area contributed by atoms with Gasteiger partial charge in [0, 0.05) is 29.9 Å². The van der Waals surface area contributed by atoms with Crippen LogP contribution in [0.3, 0.4) is 0 Å². The van der Waals surface area contributed by atoms with Crippen LogP contribution < -0.4 is 10.6 Å². The minimum atomic E-state index is -0.297. The van der Waals surface area contributed by atoms with Gasteiger partial charge in [0.2, 0.25) is 0 Å². The van der Waals surface area contributed by atoms with Gasteiger partial charge in [-0.1, -0.05) is 24.3 Å². The highest BCUT2D eigenvalue weighted by Gasteiger charge is 2.24. The molecule has 2 aliphatic heterocycles. The van der Waals surface area contributed by atoms with Gasteiger partial charge in [0.15, 0.2) is 0 Å². The van der Waals surface area contributed by atoms with Gasteiger partial charge in [0.1, 0.15) is 17.3 Å². The molecule has 1 fully saturated rings. The van der Waals surface area contributed by atoms with Crippen LogP contribution in [-0.2, 0) is 4.79 Å². The molecule has 0 bridgehead atoms. The second-order valence-corrected chi connectivity index (χ2v) is 8.30. The molecule has 168 valence electrons. The summed E-state index contributed by atoms with van der Waals surface area (Å²) < 4.78 is 5.90. The van der Waals surface area contributed by atoms with Crippen LogP contribution in [0, 0.1) is 0 Å². The van der Waals surface area contributed by atoms with E-state index in [9.17, 15) is 14.7 Å². The molecular formula is C26H25N3O4. The normalized spacial score (nSPS) is 16.7. The zero-order valence-corrected chi connectivity index (χ0v) is 18.1. The van der Waals surface area contributed by atoms with Crippen molar-refractivity contribution in [3.8, 4) is 17.1 Å². The molecule has 33 heavy (non-hydrogen) atoms. The number of carbonyl (C=O) groups excluding carboxylic acids is 2. The maximum atomic E-state index is 12.5. The standard InChI is InChI=1S/C26H25N3O4/c30-23-15-17(7-9-20(23)25(31)27-11-14-29-12-3-4-13-29)24-10-8-18(33-24)16-21-19-5-1-2-6-22(19)28-26(21)32/h1-2,5-10,15-16,30H,3-4,11-14H2,(H,27,31)(H,28,32). The van der Waals surface area contributed by atoms with E-state index in [1.54, 1.807) is 30.3 Å². The molecule has 3 heterocycles. The minimum absolute atomic E-state index is 0.105. The van der Waals surface area contributed by atoms with Gasteiger partial charge >= 0.3 is 0 Å². The zero-order chi connectivity index (χ0) is 22.8. The fourth-order valence-electron chi connectivity index (χ4n) is 4.32. The number of likely N-dealkylation sites (tertiary alicyclic amines) is 1. The molecule has 0 atom stereocenters. The van der Waals surface area contributed by atoms with E-state index in [0.29, 0.717) is 29.2 Å². The highest BCUT2D eigenvalue weighted by atomic mass is 16.3. The number of rotatable bonds is 6. The lowest BCUT2D eigenvalue weighted by Crippen LogP contribution is -2.33. The summed E-state index contributed by atoms with van der Waals surface area (Å²) in [4.78, 5) is 27.1. The number of anilines is 1. The van der Waals surface area contributed by atoms with Crippen LogP contribution in [-0.4, -0.2) is 48.0 Å². The van der Waals surface area contributed by atoms with Gasteiger partial charge in [-0.15, -0.1) is 0 Å². The third-order valence-corrected chi connectivity index (χ3v) is 6.06. The fourth-order valence-corrected chi connectivity index (χ4v) is 4.32. The molecule has 1 aromatic heterocycles. The second-order valence-electron chi connectivity index (χ2n) is 8.30. The molecule has 0 spiro atoms. The molecule has 1 saturated heterocycles. The highest BCUT2D eigenvalue weighted by Crippen LogP contribution is 2.34. The third-order valence-electron chi connectivity index (χ3n) is 6.06. The Morgan fingerprint density at radius 3 is 2.76 bits per heavy atom. The number of fused-ring (bicyclic) bond motifs is 1. The predicted molar refractivity (Wildman–Crippen MR) is 127 cm³/mol. The Balaban J connectivity index is 1.28. The first kappa shape index (κ1) is 21.0. The number of hydrogen-bond donors (Lipinski definition) is 3. The van der Waals surface area contributed by atoms with E-state index in [4.69, 9.17) is 4.42 Å². The summed E-state index contributed by atoms with van der Waals surface area (Å²) in [7, 11) is 0. The number of aromatic hydroxyl groups is 1. The number of benzene rings is 2. The van der Waals surface area contributed by atoms with Crippen LogP contribution in [0.25, 0.3) is 23.0 Å². The van der Waals surface area contributed by atoms with Gasteiger partial charge in [-0.25, -0.2) is 0 Å². The van der Waals surface area contributed by atoms with Crippen molar-refractivity contribution in [2.75, 3.05) is 31.5 Å². The Hall–Kier alpha value is -3.84. The molecule has 2 aliphatic rings. The van der Waals surface area contributed by atoms with Crippen molar-refractivity contribution in [1.82, 2.24) is 10.2 Å². The van der Waals surface area contributed by atoms with Crippen LogP contribution >= 0.6 is 0 Å². The Bertz CT molecular complexity index is 1240. The van der Waals surface area contributed by atoms with Crippen LogP contribution in [0.5, 0.6) is 5.75 Å². The number of phenolic OH excluding ortho intramolecular Hbond substituents is 1. The zero-order valence-electron chi connectivity index (χ0n) is 18.1. The highest BCUT2D eigenvalue weighted by molar-refractivity contribution is 6.34. The molecule has 2 amide bonds. The predicted octanol–water partition coefficient (Wildman–Crippen LogP) is 3.97. The number of carbonyl (C=O) groups is 2. The molecule has 0 saturated carbocycles. The fraction of sp³-hybridized carbons (Fsp3) is 0.231. The topological polar surface area (TPSA) is 94.8 Å². The first-order valence-electron chi connectivity index (χ1n) is 11.1. The SMILES string of the molecule is O=C1Nc2ccccc2C1=Cc1ccc(-c2ccc(C(=O)NCCN3CCCC3)c(O)c2)o1. The first-order chi connectivity index (χ1) is 16.1. The van der Waals surface area contributed by atoms with Gasteiger partial charge in [-0.2, -0.15) is 0 Å². The van der Waals surface area contributed by atoms with Crippen LogP contribution in [0.4, 0.5) is 5.69 Å². The van der Waals surface area contributed by atoms with Crippen molar-refractivity contribution < 1.29 is 19.1 Å². The smallest absolute Gasteiger partial charge is 0.256 e. The summed E-state index contributed by atoms with van der Waals surface area (Å²) in [5.41, 5.74) is 3.02. The van der Waals surface area contributed by atoms with Crippen molar-refractivity contribution in [2.45, 2.75) is 12.8 Å². The van der Waals surface area contributed by atoms with E-state index in [-0.39, 0.29) is 23.1 Å². The molecule has 3 N–H and O–H groups in total. The average Bonchev–Trinajstić information content (AvgIpc) is 3.55. The molecular weight excluding hydrogens is 418 g/mol. The number of phenols is 1. The maximum Gasteiger partial charge on any atom is 0.256 e. The van der Waals surface area contributed by atoms with Crippen LogP contribution in [0.1, 0.15) is 34.5 Å². The molecule has 7 heteroatoms. The summed E-state index contributed by atoms with van der Waals surface area (Å²) in [6, 6.07) is 15.9. The number of furan rings is 1. The molecule has 0 radical (unpaired) electrons. The van der Waals surface area contributed by atoms with Crippen LogP contribution in [0.15, 0.2) is 59.0 Å². The minimum Gasteiger partial charge on any atom is -0.507 e. The molecule has 3 aromatic rings. The molecule has 2 aromatic carbocycles. The van der Waals surface area contributed by atoms with Gasteiger partial charge in [0.05, 0.1) is 11.1 Å². The number of hydrogen-bond acceptors (Lipinski definition) is 5. The Kier molecular flexibility index (Phi) is 5.71. The summed E-state index contributed by atoms with van der Waals surface area (Å²) in [6.45, 7) is 3.52. The Morgan fingerprint density at radius 2 is 1.94 bits per heavy atom. The Labute approximate surface area is 191 Å². The number of nitrogens with one attached hydrogen (secondary N) is 2. The lowest BCUT2D eigenvalue weighted by molar-refractivity contribution is -0.110. The lowest BCUT2D eigenvalue weighted by Gasteiger charge is -2.15. The largest absolute Gasteiger partial charge is 0.507 e. The van der Waals surface area contributed by atoms with E-state index >= 15 is 0 Å². The van der Waals surface area contributed by atoms with E-state index in [2.05, 4.69) is 15.5 Å². The van der Waals surface area contributed by atoms with Crippen molar-refractivity contribution in [2.24, 2.45) is 0 Å². The summed E-state index contributed by atoms with van der Waals surface area (Å²) >= 11 is 0. The molecule has 0 aliphatic carbocycles. The van der Waals surface area contributed by atoms with E-state index < -0.39 is 0 Å². The number of para-hydroxylation sites is 1. The van der Waals surface area contributed by atoms with E-state index in [0.717, 1.165) is 30.9 Å². The van der Waals surface area contributed by atoms with Crippen molar-refractivity contribution >= 4 is 29.2 Å². The summed E-state index contributed by atoms with van der Waals surface area (Å²) in [5.74, 6) is 0.479. The van der Waals surface area contributed by atoms with E-state index in [1.807, 2.05) is 24.3 Å². The third kappa shape index (κ3) is 4.40. The number of nitrogens with zero attached hydrogens (tertiary/aromatic N) is 1. The Morgan fingerprint density at radius 1 is 1.12 bits per heavy atom. The number of amides is 2. The van der Waals surface area contributed by atoms with E-state index in [1.165, 1.54) is 18.9 Å². The molecule has 0 unspecified atom stereocenters. The van der Waals surface area contributed by atoms with Crippen molar-refractivity contribution in [3.05, 3.63) is 71.5 Å². The van der Waals surface area contributed by atoms with Crippen LogP contribution in [0.2, 0.25) is 0 Å². The average molecular weight is 444 g/mol. The quantitative estimate of drug-likeness (QED) is 0.501. The second kappa shape index (κ2) is 8.96. The maximum absolute atomic E-state index is 12.5. The monoisotopic (exact) mass is 443 g/mol. The lowest BCUT2D eigenvalue weighted by atomic mass is 10.1. The van der Waals surface area contributed by atoms with Gasteiger partial charge in [-0.05, 0) is 62.3 Å². The first-order valence-corrected chi connectivity index (χ1v) is 11.1. The summed E-state index contributed by atoms with van der Waals surface area (Å²) in [5, 5.41) is 16.1. The van der Waals surface area contributed by atoms with Gasteiger partial charge < -0.3 is 25.1 Å². The van der Waals surface area contributed by atoms with Gasteiger partial charge in [-0.3, -0.25) is 9.59 Å². The summed E-state index contributed by atoms with van der Waals surface area (Å²) in [6.07, 6.45) is 4.12. The molecule has 5 rings (SSSR count).